The Labute approximate surface area is 106 Å². The number of furan rings is 1. The van der Waals surface area contributed by atoms with Crippen LogP contribution in [0, 0.1) is 12.8 Å². The number of carbonyl (C=O) groups is 2. The van der Waals surface area contributed by atoms with Crippen LogP contribution in [-0.4, -0.2) is 25.0 Å². The van der Waals surface area contributed by atoms with Crippen molar-refractivity contribution in [2.45, 2.75) is 33.2 Å². The highest BCUT2D eigenvalue weighted by Gasteiger charge is 2.23. The van der Waals surface area contributed by atoms with Crippen molar-refractivity contribution in [2.75, 3.05) is 7.11 Å². The molecule has 1 unspecified atom stereocenters. The predicted octanol–water partition coefficient (Wildman–Crippen LogP) is 1.91. The molecular weight excluding hydrogens is 234 g/mol. The van der Waals surface area contributed by atoms with Crippen molar-refractivity contribution in [2.24, 2.45) is 5.92 Å². The van der Waals surface area contributed by atoms with Crippen LogP contribution in [0.2, 0.25) is 0 Å². The van der Waals surface area contributed by atoms with Gasteiger partial charge in [0.25, 0.3) is 5.91 Å². The average molecular weight is 253 g/mol. The first kappa shape index (κ1) is 14.3. The largest absolute Gasteiger partial charge is 0.469 e. The molecule has 0 bridgehead atoms. The first-order valence-electron chi connectivity index (χ1n) is 5.88. The van der Waals surface area contributed by atoms with E-state index in [4.69, 9.17) is 4.42 Å². The molecule has 0 aliphatic carbocycles. The van der Waals surface area contributed by atoms with Gasteiger partial charge in [-0.15, -0.1) is 0 Å². The molecule has 1 rings (SSSR count). The number of methoxy groups -OCH3 is 1. The maximum absolute atomic E-state index is 11.9. The van der Waals surface area contributed by atoms with Crippen molar-refractivity contribution in [3.63, 3.8) is 0 Å². The fraction of sp³-hybridized carbons (Fsp3) is 0.538. The number of carbonyl (C=O) groups excluding carboxylic acids is 2. The van der Waals surface area contributed by atoms with E-state index in [0.717, 1.165) is 0 Å². The van der Waals surface area contributed by atoms with Gasteiger partial charge in [0.2, 0.25) is 0 Å². The van der Waals surface area contributed by atoms with Gasteiger partial charge in [-0.3, -0.25) is 4.79 Å². The van der Waals surface area contributed by atoms with Crippen LogP contribution >= 0.6 is 0 Å². The molecule has 18 heavy (non-hydrogen) atoms. The van der Waals surface area contributed by atoms with Gasteiger partial charge in [-0.1, -0.05) is 13.8 Å². The van der Waals surface area contributed by atoms with Crippen LogP contribution in [0.25, 0.3) is 0 Å². The summed E-state index contributed by atoms with van der Waals surface area (Å²) in [6.45, 7) is 5.71. The zero-order chi connectivity index (χ0) is 13.7. The lowest BCUT2D eigenvalue weighted by Crippen LogP contribution is -2.42. The minimum Gasteiger partial charge on any atom is -0.469 e. The molecule has 1 N–H and O–H groups in total. The zero-order valence-electron chi connectivity index (χ0n) is 11.1. The molecule has 1 heterocycles. The molecule has 0 fully saturated rings. The molecule has 1 amide bonds. The Morgan fingerprint density at radius 2 is 2.11 bits per heavy atom. The summed E-state index contributed by atoms with van der Waals surface area (Å²) < 4.78 is 9.74. The van der Waals surface area contributed by atoms with Gasteiger partial charge in [-0.25, -0.2) is 4.79 Å². The van der Waals surface area contributed by atoms with Gasteiger partial charge in [-0.05, 0) is 25.3 Å². The monoisotopic (exact) mass is 253 g/mol. The second kappa shape index (κ2) is 6.23. The Balaban J connectivity index is 2.71. The van der Waals surface area contributed by atoms with Crippen LogP contribution in [0.5, 0.6) is 0 Å². The Morgan fingerprint density at radius 1 is 1.44 bits per heavy atom. The lowest BCUT2D eigenvalue weighted by molar-refractivity contribution is -0.143. The Bertz CT molecular complexity index is 422. The molecule has 1 aromatic heterocycles. The lowest BCUT2D eigenvalue weighted by atomic mass is 10.0. The molecule has 0 aliphatic heterocycles. The van der Waals surface area contributed by atoms with Crippen LogP contribution in [-0.2, 0) is 9.53 Å². The number of amides is 1. The summed E-state index contributed by atoms with van der Waals surface area (Å²) in [5.41, 5.74) is 0.408. The third-order valence-corrected chi connectivity index (χ3v) is 2.49. The van der Waals surface area contributed by atoms with Crippen molar-refractivity contribution in [3.8, 4) is 0 Å². The highest BCUT2D eigenvalue weighted by Crippen LogP contribution is 2.10. The quantitative estimate of drug-likeness (QED) is 0.814. The standard InChI is InChI=1S/C13H19NO4/c1-8(2)5-11(13(16)17-4)14-12(15)10-6-9(3)18-7-10/h6-8,11H,5H2,1-4H3,(H,14,15). The fourth-order valence-electron chi connectivity index (χ4n) is 1.63. The van der Waals surface area contributed by atoms with E-state index < -0.39 is 12.0 Å². The first-order chi connectivity index (χ1) is 8.43. The normalized spacial score (nSPS) is 12.3. The van der Waals surface area contributed by atoms with E-state index in [1.807, 2.05) is 13.8 Å². The summed E-state index contributed by atoms with van der Waals surface area (Å²) in [5.74, 6) is 0.166. The van der Waals surface area contributed by atoms with E-state index in [-0.39, 0.29) is 11.8 Å². The third-order valence-electron chi connectivity index (χ3n) is 2.49. The Morgan fingerprint density at radius 3 is 2.56 bits per heavy atom. The number of esters is 1. The van der Waals surface area contributed by atoms with Crippen molar-refractivity contribution in [1.29, 1.82) is 0 Å². The van der Waals surface area contributed by atoms with Gasteiger partial charge < -0.3 is 14.5 Å². The molecular formula is C13H19NO4. The smallest absolute Gasteiger partial charge is 0.328 e. The highest BCUT2D eigenvalue weighted by molar-refractivity contribution is 5.96. The summed E-state index contributed by atoms with van der Waals surface area (Å²) in [6.07, 6.45) is 1.91. The van der Waals surface area contributed by atoms with Gasteiger partial charge in [-0.2, -0.15) is 0 Å². The predicted molar refractivity (Wildman–Crippen MR) is 66.2 cm³/mol. The first-order valence-corrected chi connectivity index (χ1v) is 5.88. The molecule has 1 atom stereocenters. The average Bonchev–Trinajstić information content (AvgIpc) is 2.73. The number of hydrogen-bond donors (Lipinski definition) is 1. The minimum atomic E-state index is -0.627. The number of aryl methyl sites for hydroxylation is 1. The summed E-state index contributed by atoms with van der Waals surface area (Å²) in [6, 6.07) is 0.997. The molecule has 100 valence electrons. The van der Waals surface area contributed by atoms with E-state index in [0.29, 0.717) is 17.7 Å². The highest BCUT2D eigenvalue weighted by atomic mass is 16.5. The van der Waals surface area contributed by atoms with Crippen LogP contribution in [0.4, 0.5) is 0 Å². The molecule has 0 aromatic carbocycles. The van der Waals surface area contributed by atoms with Crippen molar-refractivity contribution < 1.29 is 18.7 Å². The molecule has 0 radical (unpaired) electrons. The summed E-state index contributed by atoms with van der Waals surface area (Å²) in [4.78, 5) is 23.5. The van der Waals surface area contributed by atoms with Crippen LogP contribution < -0.4 is 5.32 Å². The van der Waals surface area contributed by atoms with Crippen molar-refractivity contribution >= 4 is 11.9 Å². The number of hydrogen-bond acceptors (Lipinski definition) is 4. The van der Waals surface area contributed by atoms with Gasteiger partial charge in [0.1, 0.15) is 18.1 Å². The minimum absolute atomic E-state index is 0.278. The van der Waals surface area contributed by atoms with Crippen molar-refractivity contribution in [3.05, 3.63) is 23.7 Å². The summed E-state index contributed by atoms with van der Waals surface area (Å²) in [7, 11) is 1.31. The van der Waals surface area contributed by atoms with Gasteiger partial charge in [0.15, 0.2) is 0 Å². The molecule has 5 nitrogen and oxygen atoms in total. The summed E-state index contributed by atoms with van der Waals surface area (Å²) in [5, 5.41) is 2.66. The Hall–Kier alpha value is -1.78. The Kier molecular flexibility index (Phi) is 4.95. The van der Waals surface area contributed by atoms with Crippen LogP contribution in [0.3, 0.4) is 0 Å². The van der Waals surface area contributed by atoms with E-state index in [2.05, 4.69) is 10.1 Å². The molecule has 0 saturated heterocycles. The topological polar surface area (TPSA) is 68.5 Å². The number of rotatable bonds is 5. The zero-order valence-corrected chi connectivity index (χ0v) is 11.1. The van der Waals surface area contributed by atoms with Crippen LogP contribution in [0.15, 0.2) is 16.7 Å². The van der Waals surface area contributed by atoms with Gasteiger partial charge in [0, 0.05) is 0 Å². The van der Waals surface area contributed by atoms with E-state index in [9.17, 15) is 9.59 Å². The second-order valence-electron chi connectivity index (χ2n) is 4.62. The van der Waals surface area contributed by atoms with E-state index >= 15 is 0 Å². The number of ether oxygens (including phenoxy) is 1. The van der Waals surface area contributed by atoms with E-state index in [1.54, 1.807) is 13.0 Å². The SMILES string of the molecule is COC(=O)C(CC(C)C)NC(=O)c1coc(C)c1. The fourth-order valence-corrected chi connectivity index (χ4v) is 1.63. The van der Waals surface area contributed by atoms with Gasteiger partial charge in [0.05, 0.1) is 12.7 Å². The molecule has 0 spiro atoms. The second-order valence-corrected chi connectivity index (χ2v) is 4.62. The van der Waals surface area contributed by atoms with Crippen molar-refractivity contribution in [1.82, 2.24) is 5.32 Å². The molecule has 1 aromatic rings. The maximum atomic E-state index is 11.9. The number of nitrogens with one attached hydrogen (secondary N) is 1. The summed E-state index contributed by atoms with van der Waals surface area (Å²) >= 11 is 0. The van der Waals surface area contributed by atoms with Crippen LogP contribution in [0.1, 0.15) is 36.4 Å². The lowest BCUT2D eigenvalue weighted by Gasteiger charge is -2.17. The maximum Gasteiger partial charge on any atom is 0.328 e. The molecule has 0 saturated carbocycles. The molecule has 0 aliphatic rings. The molecule has 5 heteroatoms. The van der Waals surface area contributed by atoms with Gasteiger partial charge >= 0.3 is 5.97 Å². The third kappa shape index (κ3) is 3.91. The van der Waals surface area contributed by atoms with E-state index in [1.165, 1.54) is 13.4 Å².